The Morgan fingerprint density at radius 2 is 2.07 bits per heavy atom. The molecule has 82 valence electrons. The van der Waals surface area contributed by atoms with Gasteiger partial charge in [0.05, 0.1) is 13.2 Å². The molecule has 1 aliphatic heterocycles. The van der Waals surface area contributed by atoms with Crippen LogP contribution in [-0.4, -0.2) is 19.8 Å². The molecule has 4 heteroatoms. The third-order valence-corrected chi connectivity index (χ3v) is 2.29. The fourth-order valence-electron chi connectivity index (χ4n) is 1.60. The maximum absolute atomic E-state index is 13.6. The zero-order valence-corrected chi connectivity index (χ0v) is 8.46. The minimum Gasteiger partial charge on any atom is -0.489 e. The summed E-state index contributed by atoms with van der Waals surface area (Å²) in [6, 6.07) is 3.26. The molecule has 0 unspecified atom stereocenters. The second kappa shape index (κ2) is 4.49. The summed E-state index contributed by atoms with van der Waals surface area (Å²) in [4.78, 5) is 0. The van der Waals surface area contributed by atoms with Crippen LogP contribution in [0.1, 0.15) is 12.0 Å². The van der Waals surface area contributed by atoms with Crippen LogP contribution in [0.5, 0.6) is 11.5 Å². The molecule has 2 rings (SSSR count). The van der Waals surface area contributed by atoms with Crippen LogP contribution in [-0.2, 0) is 6.42 Å². The molecule has 0 amide bonds. The standard InChI is InChI=1S/C11H14FNO2/c12-9-6-8(2-3-13)7-10-11(9)15-5-1-4-14-10/h6-7H,1-5,13H2. The fraction of sp³-hybridized carbons (Fsp3) is 0.455. The monoisotopic (exact) mass is 211 g/mol. The highest BCUT2D eigenvalue weighted by Crippen LogP contribution is 2.33. The Labute approximate surface area is 88.0 Å². The first-order valence-electron chi connectivity index (χ1n) is 5.09. The van der Waals surface area contributed by atoms with Crippen molar-refractivity contribution in [3.8, 4) is 11.5 Å². The Morgan fingerprint density at radius 3 is 2.87 bits per heavy atom. The van der Waals surface area contributed by atoms with Crippen molar-refractivity contribution in [1.82, 2.24) is 0 Å². The number of fused-ring (bicyclic) bond motifs is 1. The molecule has 1 aliphatic rings. The van der Waals surface area contributed by atoms with Crippen LogP contribution in [0.3, 0.4) is 0 Å². The maximum atomic E-state index is 13.6. The van der Waals surface area contributed by atoms with E-state index in [0.29, 0.717) is 31.9 Å². The van der Waals surface area contributed by atoms with Crippen molar-refractivity contribution < 1.29 is 13.9 Å². The second-order valence-corrected chi connectivity index (χ2v) is 3.49. The van der Waals surface area contributed by atoms with E-state index in [1.165, 1.54) is 6.07 Å². The summed E-state index contributed by atoms with van der Waals surface area (Å²) in [6.07, 6.45) is 1.42. The predicted molar refractivity (Wildman–Crippen MR) is 54.8 cm³/mol. The van der Waals surface area contributed by atoms with Crippen LogP contribution in [0.2, 0.25) is 0 Å². The lowest BCUT2D eigenvalue weighted by molar-refractivity contribution is 0.292. The molecule has 0 atom stereocenters. The minimum atomic E-state index is -0.363. The number of hydrogen-bond donors (Lipinski definition) is 1. The Morgan fingerprint density at radius 1 is 1.27 bits per heavy atom. The molecule has 0 aromatic heterocycles. The molecule has 1 aromatic carbocycles. The van der Waals surface area contributed by atoms with Crippen LogP contribution in [0, 0.1) is 5.82 Å². The molecule has 1 heterocycles. The van der Waals surface area contributed by atoms with Gasteiger partial charge < -0.3 is 15.2 Å². The van der Waals surface area contributed by atoms with E-state index in [-0.39, 0.29) is 11.6 Å². The molecule has 1 aromatic rings. The number of benzene rings is 1. The smallest absolute Gasteiger partial charge is 0.197 e. The van der Waals surface area contributed by atoms with Crippen molar-refractivity contribution in [3.63, 3.8) is 0 Å². The van der Waals surface area contributed by atoms with Crippen LogP contribution in [0.25, 0.3) is 0 Å². The number of halogens is 1. The largest absolute Gasteiger partial charge is 0.489 e. The van der Waals surface area contributed by atoms with E-state index in [4.69, 9.17) is 15.2 Å². The highest BCUT2D eigenvalue weighted by Gasteiger charge is 2.16. The molecule has 0 saturated carbocycles. The zero-order valence-electron chi connectivity index (χ0n) is 8.46. The van der Waals surface area contributed by atoms with Crippen molar-refractivity contribution in [2.24, 2.45) is 5.73 Å². The third kappa shape index (κ3) is 2.21. The highest BCUT2D eigenvalue weighted by molar-refractivity contribution is 5.44. The van der Waals surface area contributed by atoms with Gasteiger partial charge in [-0.25, -0.2) is 4.39 Å². The molecule has 0 fully saturated rings. The average molecular weight is 211 g/mol. The summed E-state index contributed by atoms with van der Waals surface area (Å²) in [7, 11) is 0. The van der Waals surface area contributed by atoms with Crippen LogP contribution in [0.4, 0.5) is 4.39 Å². The predicted octanol–water partition coefficient (Wildman–Crippen LogP) is 1.49. The molecule has 0 spiro atoms. The van der Waals surface area contributed by atoms with Crippen LogP contribution in [0.15, 0.2) is 12.1 Å². The summed E-state index contributed by atoms with van der Waals surface area (Å²) in [6.45, 7) is 1.57. The van der Waals surface area contributed by atoms with Gasteiger partial charge >= 0.3 is 0 Å². The van der Waals surface area contributed by atoms with Gasteiger partial charge in [-0.05, 0) is 30.7 Å². The summed E-state index contributed by atoms with van der Waals surface area (Å²) < 4.78 is 24.3. The van der Waals surface area contributed by atoms with E-state index >= 15 is 0 Å². The lowest BCUT2D eigenvalue weighted by Gasteiger charge is -2.10. The van der Waals surface area contributed by atoms with Crippen LogP contribution >= 0.6 is 0 Å². The number of ether oxygens (including phenoxy) is 2. The molecular weight excluding hydrogens is 197 g/mol. The topological polar surface area (TPSA) is 44.5 Å². The zero-order chi connectivity index (χ0) is 10.7. The minimum absolute atomic E-state index is 0.230. The quantitative estimate of drug-likeness (QED) is 0.806. The lowest BCUT2D eigenvalue weighted by Crippen LogP contribution is -2.04. The number of rotatable bonds is 2. The van der Waals surface area contributed by atoms with Gasteiger partial charge in [0.25, 0.3) is 0 Å². The molecule has 2 N–H and O–H groups in total. The van der Waals surface area contributed by atoms with E-state index < -0.39 is 0 Å². The van der Waals surface area contributed by atoms with Gasteiger partial charge in [0.2, 0.25) is 0 Å². The summed E-state index contributed by atoms with van der Waals surface area (Å²) in [5.41, 5.74) is 6.27. The molecule has 0 saturated heterocycles. The van der Waals surface area contributed by atoms with Crippen molar-refractivity contribution >= 4 is 0 Å². The van der Waals surface area contributed by atoms with E-state index in [1.807, 2.05) is 0 Å². The Bertz CT molecular complexity index is 355. The Balaban J connectivity index is 2.35. The third-order valence-electron chi connectivity index (χ3n) is 2.29. The van der Waals surface area contributed by atoms with Crippen molar-refractivity contribution in [3.05, 3.63) is 23.5 Å². The van der Waals surface area contributed by atoms with E-state index in [0.717, 1.165) is 12.0 Å². The van der Waals surface area contributed by atoms with E-state index in [2.05, 4.69) is 0 Å². The normalized spacial score (nSPS) is 14.8. The van der Waals surface area contributed by atoms with E-state index in [1.54, 1.807) is 6.07 Å². The molecule has 3 nitrogen and oxygen atoms in total. The Hall–Kier alpha value is -1.29. The Kier molecular flexibility index (Phi) is 3.06. The number of nitrogens with two attached hydrogens (primary N) is 1. The average Bonchev–Trinajstić information content (AvgIpc) is 2.43. The van der Waals surface area contributed by atoms with Gasteiger partial charge in [-0.2, -0.15) is 0 Å². The van der Waals surface area contributed by atoms with Gasteiger partial charge in [0.1, 0.15) is 0 Å². The first kappa shape index (κ1) is 10.2. The fourth-order valence-corrected chi connectivity index (χ4v) is 1.60. The summed E-state index contributed by atoms with van der Waals surface area (Å²) in [5, 5.41) is 0. The summed E-state index contributed by atoms with van der Waals surface area (Å²) >= 11 is 0. The second-order valence-electron chi connectivity index (χ2n) is 3.49. The molecule has 0 bridgehead atoms. The van der Waals surface area contributed by atoms with Crippen molar-refractivity contribution in [2.45, 2.75) is 12.8 Å². The maximum Gasteiger partial charge on any atom is 0.197 e. The number of hydrogen-bond acceptors (Lipinski definition) is 3. The van der Waals surface area contributed by atoms with Gasteiger partial charge in [-0.3, -0.25) is 0 Å². The highest BCUT2D eigenvalue weighted by atomic mass is 19.1. The van der Waals surface area contributed by atoms with Gasteiger partial charge in [-0.1, -0.05) is 0 Å². The molecule has 0 aliphatic carbocycles. The molecule has 0 radical (unpaired) electrons. The van der Waals surface area contributed by atoms with Crippen LogP contribution < -0.4 is 15.2 Å². The lowest BCUT2D eigenvalue weighted by atomic mass is 10.1. The SMILES string of the molecule is NCCc1cc(F)c2c(c1)OCCCO2. The van der Waals surface area contributed by atoms with Crippen molar-refractivity contribution in [1.29, 1.82) is 0 Å². The first-order valence-corrected chi connectivity index (χ1v) is 5.09. The summed E-state index contributed by atoms with van der Waals surface area (Å²) in [5.74, 6) is 0.363. The molecule has 15 heavy (non-hydrogen) atoms. The van der Waals surface area contributed by atoms with Gasteiger partial charge in [0.15, 0.2) is 17.3 Å². The van der Waals surface area contributed by atoms with Crippen molar-refractivity contribution in [2.75, 3.05) is 19.8 Å². The van der Waals surface area contributed by atoms with E-state index in [9.17, 15) is 4.39 Å². The van der Waals surface area contributed by atoms with Gasteiger partial charge in [0, 0.05) is 6.42 Å². The molecular formula is C11H14FNO2. The first-order chi connectivity index (χ1) is 7.31. The van der Waals surface area contributed by atoms with Gasteiger partial charge in [-0.15, -0.1) is 0 Å².